The summed E-state index contributed by atoms with van der Waals surface area (Å²) in [7, 11) is 0. The number of nitrogens with zero attached hydrogens (tertiary/aromatic N) is 1. The van der Waals surface area contributed by atoms with Crippen molar-refractivity contribution in [1.29, 1.82) is 0 Å². The molecule has 0 saturated carbocycles. The van der Waals surface area contributed by atoms with Crippen LogP contribution in [-0.2, 0) is 14.4 Å². The molecule has 0 aromatic rings. The Morgan fingerprint density at radius 2 is 2.12 bits per heavy atom. The molecule has 2 atom stereocenters. The molecule has 92 valence electrons. The number of aliphatic carboxylic acids is 1. The zero-order chi connectivity index (χ0) is 14.3. The molecule has 7 nitrogen and oxygen atoms in total. The van der Waals surface area contributed by atoms with Gasteiger partial charge in [-0.1, -0.05) is 0 Å². The summed E-state index contributed by atoms with van der Waals surface area (Å²) in [5.74, 6) is -2.84. The van der Waals surface area contributed by atoms with Gasteiger partial charge in [0.25, 0.3) is 0 Å². The molecule has 0 aliphatic rings. The second-order valence-electron chi connectivity index (χ2n) is 3.12. The Kier molecular flexibility index (Phi) is 4.76. The van der Waals surface area contributed by atoms with Crippen LogP contribution in [0.25, 0.3) is 0 Å². The molecule has 16 heavy (non-hydrogen) atoms. The van der Waals surface area contributed by atoms with Gasteiger partial charge in [-0.3, -0.25) is 14.5 Å². The van der Waals surface area contributed by atoms with Gasteiger partial charge in [-0.25, -0.2) is 4.79 Å². The molecule has 0 fully saturated rings. The first-order valence-electron chi connectivity index (χ1n) is 5.79. The molecule has 0 radical (unpaired) electrons. The zero-order valence-electron chi connectivity index (χ0n) is 11.0. The van der Waals surface area contributed by atoms with E-state index >= 15 is 0 Å². The molecule has 7 heteroatoms. The fourth-order valence-electron chi connectivity index (χ4n) is 1.09. The molecule has 0 aliphatic carbocycles. The SMILES string of the molecule is [2H]NCC(=O)N(C(=O)CCC([2H])N)[C@@H](C)C(=O)O. The van der Waals surface area contributed by atoms with Gasteiger partial charge in [0.1, 0.15) is 7.45 Å². The first-order valence-corrected chi connectivity index (χ1v) is 4.71. The molecule has 0 heterocycles. The quantitative estimate of drug-likeness (QED) is 0.491. The molecule has 0 aromatic carbocycles. The largest absolute Gasteiger partial charge is 0.480 e. The third-order valence-electron chi connectivity index (χ3n) is 1.96. The Hall–Kier alpha value is -1.47. The van der Waals surface area contributed by atoms with Gasteiger partial charge in [-0.05, 0) is 19.9 Å². The van der Waals surface area contributed by atoms with E-state index in [1.54, 1.807) is 0 Å². The van der Waals surface area contributed by atoms with Crippen molar-refractivity contribution in [2.24, 2.45) is 11.5 Å². The molecule has 0 saturated heterocycles. The maximum atomic E-state index is 11.7. The lowest BCUT2D eigenvalue weighted by atomic mass is 10.2. The molecule has 0 bridgehead atoms. The minimum Gasteiger partial charge on any atom is -0.480 e. The van der Waals surface area contributed by atoms with Gasteiger partial charge in [0.15, 0.2) is 0 Å². The van der Waals surface area contributed by atoms with E-state index in [0.717, 1.165) is 0 Å². The van der Waals surface area contributed by atoms with Crippen LogP contribution in [0.15, 0.2) is 0 Å². The number of rotatable bonds is 7. The smallest absolute Gasteiger partial charge is 0.326 e. The first kappa shape index (κ1) is 11.0. The van der Waals surface area contributed by atoms with Gasteiger partial charge in [0.05, 0.1) is 6.54 Å². The summed E-state index contributed by atoms with van der Waals surface area (Å²) < 4.78 is 13.7. The lowest BCUT2D eigenvalue weighted by molar-refractivity contribution is -0.156. The Morgan fingerprint density at radius 1 is 1.50 bits per heavy atom. The molecular weight excluding hydrogens is 214 g/mol. The highest BCUT2D eigenvalue weighted by atomic mass is 16.4. The second-order valence-corrected chi connectivity index (χ2v) is 3.12. The van der Waals surface area contributed by atoms with Crippen molar-refractivity contribution >= 4 is 17.8 Å². The van der Waals surface area contributed by atoms with Gasteiger partial charge in [0, 0.05) is 7.79 Å². The summed E-state index contributed by atoms with van der Waals surface area (Å²) >= 11 is 0. The third kappa shape index (κ3) is 3.95. The Balaban J connectivity index is 4.80. The average molecular weight is 233 g/mol. The monoisotopic (exact) mass is 233 g/mol. The summed E-state index contributed by atoms with van der Waals surface area (Å²) in [5.41, 5.74) is 6.98. The number of imide groups is 1. The maximum absolute atomic E-state index is 11.7. The fraction of sp³-hybridized carbons (Fsp3) is 0.667. The topological polar surface area (TPSA) is 127 Å². The molecular formula is C9H17N3O4. The zero-order valence-corrected chi connectivity index (χ0v) is 8.97. The van der Waals surface area contributed by atoms with Crippen molar-refractivity contribution < 1.29 is 22.3 Å². The van der Waals surface area contributed by atoms with Crippen molar-refractivity contribution in [3.05, 3.63) is 0 Å². The predicted octanol–water partition coefficient (Wildman–Crippen LogP) is -1.49. The van der Waals surface area contributed by atoms with E-state index in [0.29, 0.717) is 4.90 Å². The van der Waals surface area contributed by atoms with E-state index in [4.69, 9.17) is 13.6 Å². The first-order chi connectivity index (χ1) is 8.31. The number of hydrogen-bond acceptors (Lipinski definition) is 5. The van der Waals surface area contributed by atoms with Crippen LogP contribution in [0.5, 0.6) is 0 Å². The molecule has 2 amide bonds. The molecule has 0 aliphatic heterocycles. The third-order valence-corrected chi connectivity index (χ3v) is 1.96. The number of carbonyl (C=O) groups excluding carboxylic acids is 2. The van der Waals surface area contributed by atoms with Crippen molar-refractivity contribution in [1.82, 2.24) is 4.90 Å². The van der Waals surface area contributed by atoms with Crippen LogP contribution in [0, 0.1) is 0 Å². The van der Waals surface area contributed by atoms with Crippen molar-refractivity contribution in [2.45, 2.75) is 25.8 Å². The van der Waals surface area contributed by atoms with Gasteiger partial charge in [-0.2, -0.15) is 0 Å². The van der Waals surface area contributed by atoms with Crippen LogP contribution in [0.4, 0.5) is 0 Å². The minimum atomic E-state index is -1.32. The van der Waals surface area contributed by atoms with Crippen LogP contribution in [0.2, 0.25) is 1.41 Å². The highest BCUT2D eigenvalue weighted by Crippen LogP contribution is 2.05. The highest BCUT2D eigenvalue weighted by molar-refractivity contribution is 5.99. The summed E-state index contributed by atoms with van der Waals surface area (Å²) in [6.07, 6.45) is -0.157. The van der Waals surface area contributed by atoms with E-state index in [1.807, 2.05) is 5.73 Å². The van der Waals surface area contributed by atoms with Gasteiger partial charge in [-0.15, -0.1) is 0 Å². The van der Waals surface area contributed by atoms with Crippen LogP contribution in [0.3, 0.4) is 0 Å². The van der Waals surface area contributed by atoms with Crippen LogP contribution in [0.1, 0.15) is 21.1 Å². The number of carbonyl (C=O) groups is 3. The Morgan fingerprint density at radius 3 is 2.56 bits per heavy atom. The molecule has 5 N–H and O–H groups in total. The van der Waals surface area contributed by atoms with E-state index < -0.39 is 36.9 Å². The van der Waals surface area contributed by atoms with Gasteiger partial charge >= 0.3 is 5.97 Å². The Labute approximate surface area is 96.2 Å². The van der Waals surface area contributed by atoms with Crippen LogP contribution >= 0.6 is 0 Å². The van der Waals surface area contributed by atoms with E-state index in [1.165, 1.54) is 6.92 Å². The Bertz CT molecular complexity index is 325. The highest BCUT2D eigenvalue weighted by Gasteiger charge is 2.29. The van der Waals surface area contributed by atoms with Crippen LogP contribution in [-0.4, -0.2) is 46.9 Å². The number of carboxylic acids is 1. The average Bonchev–Trinajstić information content (AvgIpc) is 2.26. The normalized spacial score (nSPS) is 15.6. The summed E-state index contributed by atoms with van der Waals surface area (Å²) in [5, 5.41) is 8.82. The van der Waals surface area contributed by atoms with E-state index in [2.05, 4.69) is 0 Å². The van der Waals surface area contributed by atoms with Gasteiger partial charge in [0.2, 0.25) is 11.8 Å². The lowest BCUT2D eigenvalue weighted by Crippen LogP contribution is -2.49. The fourth-order valence-corrected chi connectivity index (χ4v) is 1.09. The number of nitrogens with two attached hydrogens (primary N) is 2. The number of hydrogen-bond donors (Lipinski definition) is 3. The molecule has 1 unspecified atom stereocenters. The van der Waals surface area contributed by atoms with E-state index in [-0.39, 0.29) is 12.8 Å². The minimum absolute atomic E-state index is 0.0310. The van der Waals surface area contributed by atoms with E-state index in [9.17, 15) is 14.4 Å². The number of carboxylic acid groups (broad SMARTS) is 1. The molecule has 0 spiro atoms. The summed E-state index contributed by atoms with van der Waals surface area (Å²) in [6, 6.07) is -1.32. The molecule has 0 aromatic heterocycles. The second kappa shape index (κ2) is 6.91. The van der Waals surface area contributed by atoms with Crippen LogP contribution < -0.4 is 11.5 Å². The standard InChI is InChI=1S/C9H17N3O4/c1-6(9(15)16)12(8(14)5-11)7(13)3-2-4-10/h6H,2-5,10-11H2,1H3,(H,15,16)/t6-/m0/s1/i4D/hD/t4?,6-. The van der Waals surface area contributed by atoms with Crippen molar-refractivity contribution in [3.63, 3.8) is 0 Å². The summed E-state index contributed by atoms with van der Waals surface area (Å²) in [6.45, 7) is -0.223. The lowest BCUT2D eigenvalue weighted by Gasteiger charge is -2.24. The number of amides is 2. The maximum Gasteiger partial charge on any atom is 0.326 e. The van der Waals surface area contributed by atoms with Gasteiger partial charge < -0.3 is 16.6 Å². The summed E-state index contributed by atoms with van der Waals surface area (Å²) in [4.78, 5) is 34.7. The molecule has 0 rings (SSSR count). The predicted molar refractivity (Wildman–Crippen MR) is 56.3 cm³/mol. The van der Waals surface area contributed by atoms with Crippen molar-refractivity contribution in [3.8, 4) is 0 Å². The van der Waals surface area contributed by atoms with Crippen molar-refractivity contribution in [2.75, 3.05) is 13.1 Å².